The van der Waals surface area contributed by atoms with Crippen LogP contribution in [0.2, 0.25) is 0 Å². The molecule has 1 saturated heterocycles. The average molecular weight is 234 g/mol. The minimum Gasteiger partial charge on any atom is -0.378 e. The molecule has 1 fully saturated rings. The van der Waals surface area contributed by atoms with Crippen LogP contribution in [0.4, 0.5) is 11.4 Å². The zero-order valence-corrected chi connectivity index (χ0v) is 10.0. The normalized spacial score (nSPS) is 15.7. The van der Waals surface area contributed by atoms with Crippen molar-refractivity contribution >= 4 is 17.3 Å². The van der Waals surface area contributed by atoms with Crippen LogP contribution in [0, 0.1) is 6.92 Å². The smallest absolute Gasteiger partial charge is 0.191 e. The molecule has 92 valence electrons. The van der Waals surface area contributed by atoms with Gasteiger partial charge in [-0.3, -0.25) is 0 Å². The second-order valence-electron chi connectivity index (χ2n) is 4.11. The first-order valence-electron chi connectivity index (χ1n) is 5.70. The number of benzene rings is 1. The number of nitrogens with zero attached hydrogens (tertiary/aromatic N) is 2. The number of rotatable bonds is 2. The van der Waals surface area contributed by atoms with Gasteiger partial charge < -0.3 is 21.1 Å². The van der Waals surface area contributed by atoms with Gasteiger partial charge in [0, 0.05) is 18.8 Å². The second kappa shape index (κ2) is 5.05. The SMILES string of the molecule is Cc1cc(N2CCOCC2)ccc1N=C(N)N. The van der Waals surface area contributed by atoms with Crippen molar-refractivity contribution in [3.05, 3.63) is 23.8 Å². The van der Waals surface area contributed by atoms with Crippen molar-refractivity contribution in [3.8, 4) is 0 Å². The lowest BCUT2D eigenvalue weighted by Crippen LogP contribution is -2.36. The van der Waals surface area contributed by atoms with Gasteiger partial charge in [0.05, 0.1) is 18.9 Å². The molecule has 1 aliphatic rings. The highest BCUT2D eigenvalue weighted by atomic mass is 16.5. The standard InChI is InChI=1S/C12H18N4O/c1-9-8-10(16-4-6-17-7-5-16)2-3-11(9)15-12(13)14/h2-3,8H,4-7H2,1H3,(H4,13,14,15). The summed E-state index contributed by atoms with van der Waals surface area (Å²) in [7, 11) is 0. The van der Waals surface area contributed by atoms with E-state index in [1.54, 1.807) is 0 Å². The Bertz CT molecular complexity index is 421. The Hall–Kier alpha value is -1.75. The molecule has 1 aromatic carbocycles. The molecule has 0 aromatic heterocycles. The van der Waals surface area contributed by atoms with Gasteiger partial charge in [-0.25, -0.2) is 4.99 Å². The molecule has 0 aliphatic carbocycles. The van der Waals surface area contributed by atoms with Crippen LogP contribution in [0.15, 0.2) is 23.2 Å². The van der Waals surface area contributed by atoms with Crippen molar-refractivity contribution in [3.63, 3.8) is 0 Å². The van der Waals surface area contributed by atoms with Crippen LogP contribution in [0.5, 0.6) is 0 Å². The van der Waals surface area contributed by atoms with Crippen molar-refractivity contribution in [1.29, 1.82) is 0 Å². The molecule has 2 rings (SSSR count). The highest BCUT2D eigenvalue weighted by Crippen LogP contribution is 2.25. The van der Waals surface area contributed by atoms with Crippen LogP contribution in [0.1, 0.15) is 5.56 Å². The van der Waals surface area contributed by atoms with Crippen molar-refractivity contribution in [2.75, 3.05) is 31.2 Å². The third kappa shape index (κ3) is 2.88. The number of morpholine rings is 1. The third-order valence-electron chi connectivity index (χ3n) is 2.81. The fraction of sp³-hybridized carbons (Fsp3) is 0.417. The summed E-state index contributed by atoms with van der Waals surface area (Å²) >= 11 is 0. The lowest BCUT2D eigenvalue weighted by Gasteiger charge is -2.29. The molecule has 0 radical (unpaired) electrons. The molecule has 5 heteroatoms. The van der Waals surface area contributed by atoms with Gasteiger partial charge in [0.25, 0.3) is 0 Å². The van der Waals surface area contributed by atoms with E-state index in [2.05, 4.69) is 16.0 Å². The van der Waals surface area contributed by atoms with Crippen molar-refractivity contribution in [2.45, 2.75) is 6.92 Å². The minimum atomic E-state index is 0.0900. The van der Waals surface area contributed by atoms with E-state index < -0.39 is 0 Å². The highest BCUT2D eigenvalue weighted by molar-refractivity contribution is 5.79. The Morgan fingerprint density at radius 3 is 2.59 bits per heavy atom. The van der Waals surface area contributed by atoms with Crippen LogP contribution in [0.3, 0.4) is 0 Å². The summed E-state index contributed by atoms with van der Waals surface area (Å²) in [6.45, 7) is 5.44. The van der Waals surface area contributed by atoms with Gasteiger partial charge in [0.15, 0.2) is 5.96 Å². The Kier molecular flexibility index (Phi) is 3.49. The molecule has 0 saturated carbocycles. The van der Waals surface area contributed by atoms with Crippen molar-refractivity contribution < 1.29 is 4.74 Å². The van der Waals surface area contributed by atoms with Crippen LogP contribution >= 0.6 is 0 Å². The van der Waals surface area contributed by atoms with Crippen LogP contribution in [-0.4, -0.2) is 32.3 Å². The fourth-order valence-electron chi connectivity index (χ4n) is 1.92. The molecular weight excluding hydrogens is 216 g/mol. The molecule has 1 aliphatic heterocycles. The Labute approximate surface area is 101 Å². The first kappa shape index (κ1) is 11.7. The zero-order valence-electron chi connectivity index (χ0n) is 10.0. The number of guanidine groups is 1. The molecule has 17 heavy (non-hydrogen) atoms. The monoisotopic (exact) mass is 234 g/mol. The summed E-state index contributed by atoms with van der Waals surface area (Å²) in [6.07, 6.45) is 0. The molecule has 5 nitrogen and oxygen atoms in total. The number of hydrogen-bond acceptors (Lipinski definition) is 3. The lowest BCUT2D eigenvalue weighted by molar-refractivity contribution is 0.122. The number of anilines is 1. The van der Waals surface area contributed by atoms with E-state index in [0.29, 0.717) is 0 Å². The van der Waals surface area contributed by atoms with E-state index in [1.165, 1.54) is 5.69 Å². The molecule has 1 heterocycles. The molecular formula is C12H18N4O. The second-order valence-corrected chi connectivity index (χ2v) is 4.11. The van der Waals surface area contributed by atoms with E-state index in [4.69, 9.17) is 16.2 Å². The van der Waals surface area contributed by atoms with Gasteiger partial charge in [-0.2, -0.15) is 0 Å². The molecule has 0 spiro atoms. The van der Waals surface area contributed by atoms with Crippen molar-refractivity contribution in [1.82, 2.24) is 0 Å². The van der Waals surface area contributed by atoms with Gasteiger partial charge in [-0.1, -0.05) is 0 Å². The van der Waals surface area contributed by atoms with Crippen molar-refractivity contribution in [2.24, 2.45) is 16.5 Å². The summed E-state index contributed by atoms with van der Waals surface area (Å²) in [6, 6.07) is 6.09. The van der Waals surface area contributed by atoms with Crippen LogP contribution in [-0.2, 0) is 4.74 Å². The number of ether oxygens (including phenoxy) is 1. The summed E-state index contributed by atoms with van der Waals surface area (Å²) in [5.74, 6) is 0.0900. The zero-order chi connectivity index (χ0) is 12.3. The number of hydrogen-bond donors (Lipinski definition) is 2. The predicted molar refractivity (Wildman–Crippen MR) is 69.7 cm³/mol. The van der Waals surface area contributed by atoms with E-state index in [0.717, 1.165) is 37.6 Å². The fourth-order valence-corrected chi connectivity index (χ4v) is 1.92. The quantitative estimate of drug-likeness (QED) is 0.584. The van der Waals surface area contributed by atoms with Gasteiger partial charge in [0.2, 0.25) is 0 Å². The molecule has 0 atom stereocenters. The van der Waals surface area contributed by atoms with E-state index in [9.17, 15) is 0 Å². The molecule has 0 unspecified atom stereocenters. The average Bonchev–Trinajstić information content (AvgIpc) is 2.32. The van der Waals surface area contributed by atoms with Gasteiger partial charge in [-0.15, -0.1) is 0 Å². The number of aryl methyl sites for hydroxylation is 1. The molecule has 1 aromatic rings. The molecule has 4 N–H and O–H groups in total. The number of nitrogens with two attached hydrogens (primary N) is 2. The largest absolute Gasteiger partial charge is 0.378 e. The minimum absolute atomic E-state index is 0.0900. The van der Waals surface area contributed by atoms with Gasteiger partial charge in [0.1, 0.15) is 0 Å². The first-order valence-corrected chi connectivity index (χ1v) is 5.70. The van der Waals surface area contributed by atoms with Gasteiger partial charge in [-0.05, 0) is 30.7 Å². The summed E-state index contributed by atoms with van der Waals surface area (Å²) < 4.78 is 5.33. The topological polar surface area (TPSA) is 76.9 Å². The maximum atomic E-state index is 5.38. The van der Waals surface area contributed by atoms with Crippen LogP contribution in [0.25, 0.3) is 0 Å². The highest BCUT2D eigenvalue weighted by Gasteiger charge is 2.11. The Morgan fingerprint density at radius 2 is 2.00 bits per heavy atom. The lowest BCUT2D eigenvalue weighted by atomic mass is 10.1. The van der Waals surface area contributed by atoms with Gasteiger partial charge >= 0.3 is 0 Å². The Balaban J connectivity index is 2.20. The molecule has 0 bridgehead atoms. The maximum absolute atomic E-state index is 5.38. The Morgan fingerprint density at radius 1 is 1.29 bits per heavy atom. The van der Waals surface area contributed by atoms with Crippen LogP contribution < -0.4 is 16.4 Å². The summed E-state index contributed by atoms with van der Waals surface area (Å²) in [5, 5.41) is 0. The molecule has 0 amide bonds. The summed E-state index contributed by atoms with van der Waals surface area (Å²) in [4.78, 5) is 6.38. The predicted octanol–water partition coefficient (Wildman–Crippen LogP) is 0.737. The summed E-state index contributed by atoms with van der Waals surface area (Å²) in [5.41, 5.74) is 13.8. The maximum Gasteiger partial charge on any atom is 0.191 e. The van der Waals surface area contributed by atoms with E-state index in [1.807, 2.05) is 19.1 Å². The van der Waals surface area contributed by atoms with E-state index >= 15 is 0 Å². The van der Waals surface area contributed by atoms with E-state index in [-0.39, 0.29) is 5.96 Å². The first-order chi connectivity index (χ1) is 8.16. The third-order valence-corrected chi connectivity index (χ3v) is 2.81. The number of aliphatic imine (C=N–C) groups is 1.